The molecule has 0 bridgehead atoms. The molecule has 4 heteroatoms. The minimum Gasteiger partial charge on any atom is -0.351 e. The highest BCUT2D eigenvalue weighted by Crippen LogP contribution is 2.24. The van der Waals surface area contributed by atoms with Crippen LogP contribution in [0.4, 0.5) is 0 Å². The third-order valence-corrected chi connectivity index (χ3v) is 3.80. The first-order valence-electron chi connectivity index (χ1n) is 6.46. The molecule has 0 atom stereocenters. The summed E-state index contributed by atoms with van der Waals surface area (Å²) in [5.41, 5.74) is 1.05. The molecular formula is C15H18N2OS. The molecule has 0 spiro atoms. The summed E-state index contributed by atoms with van der Waals surface area (Å²) in [6.45, 7) is 5.01. The van der Waals surface area contributed by atoms with E-state index in [4.69, 9.17) is 0 Å². The maximum absolute atomic E-state index is 11.9. The standard InChI is InChI=1S/C15H18N2OS/c1-11(2)8-9-16-14(18)13-10-17-15(19-13)12-6-4-3-5-7-12/h3-7,10-11H,8-9H2,1-2H3,(H,16,18). The number of carbonyl (C=O) groups is 1. The lowest BCUT2D eigenvalue weighted by atomic mass is 10.1. The quantitative estimate of drug-likeness (QED) is 0.905. The summed E-state index contributed by atoms with van der Waals surface area (Å²) in [5.74, 6) is 0.571. The zero-order valence-electron chi connectivity index (χ0n) is 11.2. The van der Waals surface area contributed by atoms with Crippen molar-refractivity contribution in [3.63, 3.8) is 0 Å². The van der Waals surface area contributed by atoms with Gasteiger partial charge in [-0.25, -0.2) is 4.98 Å². The number of hydrogen-bond acceptors (Lipinski definition) is 3. The van der Waals surface area contributed by atoms with Crippen molar-refractivity contribution < 1.29 is 4.79 Å². The van der Waals surface area contributed by atoms with Gasteiger partial charge in [-0.15, -0.1) is 11.3 Å². The Balaban J connectivity index is 1.99. The van der Waals surface area contributed by atoms with E-state index in [0.29, 0.717) is 10.8 Å². The summed E-state index contributed by atoms with van der Waals surface area (Å²) < 4.78 is 0. The minimum atomic E-state index is -0.0275. The van der Waals surface area contributed by atoms with E-state index in [-0.39, 0.29) is 5.91 Å². The molecule has 0 aliphatic heterocycles. The molecule has 0 saturated carbocycles. The number of nitrogens with one attached hydrogen (secondary N) is 1. The number of hydrogen-bond donors (Lipinski definition) is 1. The predicted octanol–water partition coefficient (Wildman–Crippen LogP) is 3.59. The highest BCUT2D eigenvalue weighted by atomic mass is 32.1. The number of carbonyl (C=O) groups excluding carboxylic acids is 1. The van der Waals surface area contributed by atoms with Gasteiger partial charge in [0, 0.05) is 12.1 Å². The Morgan fingerprint density at radius 2 is 2.05 bits per heavy atom. The summed E-state index contributed by atoms with van der Waals surface area (Å²) >= 11 is 1.43. The van der Waals surface area contributed by atoms with Gasteiger partial charge in [0.05, 0.1) is 6.20 Å². The molecule has 2 aromatic rings. The largest absolute Gasteiger partial charge is 0.351 e. The van der Waals surface area contributed by atoms with Crippen LogP contribution in [0, 0.1) is 5.92 Å². The van der Waals surface area contributed by atoms with E-state index < -0.39 is 0 Å². The Hall–Kier alpha value is -1.68. The summed E-state index contributed by atoms with van der Waals surface area (Å²) in [4.78, 5) is 16.9. The molecule has 100 valence electrons. The number of rotatable bonds is 5. The van der Waals surface area contributed by atoms with Gasteiger partial charge in [-0.1, -0.05) is 44.2 Å². The van der Waals surface area contributed by atoms with Gasteiger partial charge in [-0.2, -0.15) is 0 Å². The van der Waals surface area contributed by atoms with E-state index in [1.54, 1.807) is 6.20 Å². The van der Waals surface area contributed by atoms with Crippen molar-refractivity contribution in [2.75, 3.05) is 6.54 Å². The van der Waals surface area contributed by atoms with Crippen LogP contribution < -0.4 is 5.32 Å². The Morgan fingerprint density at radius 1 is 1.32 bits per heavy atom. The van der Waals surface area contributed by atoms with Crippen molar-refractivity contribution >= 4 is 17.2 Å². The van der Waals surface area contributed by atoms with Crippen LogP contribution in [-0.4, -0.2) is 17.4 Å². The third-order valence-electron chi connectivity index (χ3n) is 2.76. The van der Waals surface area contributed by atoms with Crippen LogP contribution in [0.3, 0.4) is 0 Å². The highest BCUT2D eigenvalue weighted by Gasteiger charge is 2.11. The van der Waals surface area contributed by atoms with Gasteiger partial charge in [-0.3, -0.25) is 4.79 Å². The number of amides is 1. The van der Waals surface area contributed by atoms with Crippen LogP contribution in [0.5, 0.6) is 0 Å². The smallest absolute Gasteiger partial charge is 0.263 e. The topological polar surface area (TPSA) is 42.0 Å². The van der Waals surface area contributed by atoms with Crippen molar-refractivity contribution in [3.8, 4) is 10.6 Å². The van der Waals surface area contributed by atoms with E-state index in [0.717, 1.165) is 23.5 Å². The van der Waals surface area contributed by atoms with Crippen LogP contribution in [0.25, 0.3) is 10.6 Å². The van der Waals surface area contributed by atoms with E-state index in [2.05, 4.69) is 24.1 Å². The first kappa shape index (κ1) is 13.7. The van der Waals surface area contributed by atoms with Gasteiger partial charge in [0.2, 0.25) is 0 Å². The average Bonchev–Trinajstić information content (AvgIpc) is 2.89. The van der Waals surface area contributed by atoms with Gasteiger partial charge in [0.25, 0.3) is 5.91 Å². The molecule has 0 unspecified atom stereocenters. The van der Waals surface area contributed by atoms with Crippen molar-refractivity contribution in [2.24, 2.45) is 5.92 Å². The Bertz CT molecular complexity index is 534. The first-order valence-corrected chi connectivity index (χ1v) is 7.28. The average molecular weight is 274 g/mol. The molecule has 0 aliphatic carbocycles. The molecular weight excluding hydrogens is 256 g/mol. The molecule has 1 heterocycles. The predicted molar refractivity (Wildman–Crippen MR) is 79.3 cm³/mol. The molecule has 1 aromatic heterocycles. The summed E-state index contributed by atoms with van der Waals surface area (Å²) in [7, 11) is 0. The molecule has 0 radical (unpaired) electrons. The lowest BCUT2D eigenvalue weighted by molar-refractivity contribution is 0.0956. The fraction of sp³-hybridized carbons (Fsp3) is 0.333. The van der Waals surface area contributed by atoms with Crippen LogP contribution >= 0.6 is 11.3 Å². The van der Waals surface area contributed by atoms with Crippen molar-refractivity contribution in [1.29, 1.82) is 0 Å². The molecule has 2 rings (SSSR count). The normalized spacial score (nSPS) is 10.7. The number of nitrogens with zero attached hydrogens (tertiary/aromatic N) is 1. The van der Waals surface area contributed by atoms with E-state index in [9.17, 15) is 4.79 Å². The van der Waals surface area contributed by atoms with Crippen molar-refractivity contribution in [1.82, 2.24) is 10.3 Å². The first-order chi connectivity index (χ1) is 9.16. The highest BCUT2D eigenvalue weighted by molar-refractivity contribution is 7.16. The van der Waals surface area contributed by atoms with Gasteiger partial charge in [-0.05, 0) is 12.3 Å². The second kappa shape index (κ2) is 6.48. The lowest BCUT2D eigenvalue weighted by Crippen LogP contribution is -2.24. The van der Waals surface area contributed by atoms with Gasteiger partial charge >= 0.3 is 0 Å². The van der Waals surface area contributed by atoms with E-state index in [1.165, 1.54) is 11.3 Å². The molecule has 0 fully saturated rings. The summed E-state index contributed by atoms with van der Waals surface area (Å²) in [6.07, 6.45) is 2.65. The second-order valence-electron chi connectivity index (χ2n) is 4.83. The molecule has 19 heavy (non-hydrogen) atoms. The van der Waals surface area contributed by atoms with E-state index >= 15 is 0 Å². The fourth-order valence-electron chi connectivity index (χ4n) is 1.65. The SMILES string of the molecule is CC(C)CCNC(=O)c1cnc(-c2ccccc2)s1. The molecule has 1 N–H and O–H groups in total. The zero-order chi connectivity index (χ0) is 13.7. The number of benzene rings is 1. The third kappa shape index (κ3) is 3.89. The van der Waals surface area contributed by atoms with Crippen LogP contribution in [-0.2, 0) is 0 Å². The van der Waals surface area contributed by atoms with Crippen LogP contribution in [0.15, 0.2) is 36.5 Å². The maximum atomic E-state index is 11.9. The van der Waals surface area contributed by atoms with Crippen molar-refractivity contribution in [2.45, 2.75) is 20.3 Å². The Labute approximate surface area is 117 Å². The van der Waals surface area contributed by atoms with Crippen LogP contribution in [0.2, 0.25) is 0 Å². The lowest BCUT2D eigenvalue weighted by Gasteiger charge is -2.05. The van der Waals surface area contributed by atoms with Crippen LogP contribution in [0.1, 0.15) is 29.9 Å². The Kier molecular flexibility index (Phi) is 4.68. The van der Waals surface area contributed by atoms with Gasteiger partial charge in [0.1, 0.15) is 9.88 Å². The molecule has 1 aromatic carbocycles. The monoisotopic (exact) mass is 274 g/mol. The molecule has 0 saturated heterocycles. The fourth-order valence-corrected chi connectivity index (χ4v) is 2.49. The Morgan fingerprint density at radius 3 is 2.74 bits per heavy atom. The van der Waals surface area contributed by atoms with Gasteiger partial charge in [0.15, 0.2) is 0 Å². The number of thiazole rings is 1. The molecule has 3 nitrogen and oxygen atoms in total. The second-order valence-corrected chi connectivity index (χ2v) is 5.86. The van der Waals surface area contributed by atoms with Crippen molar-refractivity contribution in [3.05, 3.63) is 41.4 Å². The van der Waals surface area contributed by atoms with Gasteiger partial charge < -0.3 is 5.32 Å². The minimum absolute atomic E-state index is 0.0275. The summed E-state index contributed by atoms with van der Waals surface area (Å²) in [6, 6.07) is 9.91. The zero-order valence-corrected chi connectivity index (χ0v) is 12.0. The summed E-state index contributed by atoms with van der Waals surface area (Å²) in [5, 5.41) is 3.81. The van der Waals surface area contributed by atoms with E-state index in [1.807, 2.05) is 30.3 Å². The number of aromatic nitrogens is 1. The maximum Gasteiger partial charge on any atom is 0.263 e. The molecule has 0 aliphatic rings. The molecule has 1 amide bonds.